The first-order valence-electron chi connectivity index (χ1n) is 5.54. The van der Waals surface area contributed by atoms with Gasteiger partial charge in [0, 0.05) is 11.8 Å². The van der Waals surface area contributed by atoms with Crippen LogP contribution in [-0.2, 0) is 11.3 Å². The van der Waals surface area contributed by atoms with Crippen LogP contribution in [-0.4, -0.2) is 33.7 Å². The Morgan fingerprint density at radius 2 is 2.24 bits per heavy atom. The van der Waals surface area contributed by atoms with Crippen molar-refractivity contribution >= 4 is 23.4 Å². The molecule has 3 N–H and O–H groups in total. The number of nitrogens with zero attached hydrogens (tertiary/aromatic N) is 2. The zero-order valence-corrected chi connectivity index (χ0v) is 11.6. The van der Waals surface area contributed by atoms with Crippen LogP contribution in [0.25, 0.3) is 0 Å². The molecule has 6 heteroatoms. The summed E-state index contributed by atoms with van der Waals surface area (Å²) in [7, 11) is 0. The van der Waals surface area contributed by atoms with Crippen LogP contribution in [0.5, 0.6) is 0 Å². The number of carbonyl (C=O) groups is 1. The Hall–Kier alpha value is -1.17. The Morgan fingerprint density at radius 1 is 1.59 bits per heavy atom. The Balaban J connectivity index is 2.54. The van der Waals surface area contributed by atoms with Crippen LogP contribution in [0.3, 0.4) is 0 Å². The van der Waals surface area contributed by atoms with Crippen molar-refractivity contribution in [2.45, 2.75) is 32.6 Å². The molecule has 96 valence electrons. The van der Waals surface area contributed by atoms with Crippen molar-refractivity contribution in [2.75, 3.05) is 18.5 Å². The van der Waals surface area contributed by atoms with E-state index < -0.39 is 0 Å². The molecule has 0 spiro atoms. The van der Waals surface area contributed by atoms with Gasteiger partial charge in [0.2, 0.25) is 5.91 Å². The molecular weight excluding hydrogens is 236 g/mol. The number of nitrogen functional groups attached to an aromatic ring is 1. The molecule has 1 rings (SSSR count). The molecule has 0 saturated heterocycles. The van der Waals surface area contributed by atoms with Gasteiger partial charge in [-0.05, 0) is 20.1 Å². The van der Waals surface area contributed by atoms with Gasteiger partial charge in [-0.2, -0.15) is 16.9 Å². The lowest BCUT2D eigenvalue weighted by Gasteiger charge is -2.10. The number of aryl methyl sites for hydroxylation is 1. The summed E-state index contributed by atoms with van der Waals surface area (Å²) >= 11 is 1.73. The SMILES string of the molecule is CSC(C)CNC(=O)Cn1nc(C)c(N)c1C. The molecule has 1 atom stereocenters. The molecule has 0 fully saturated rings. The summed E-state index contributed by atoms with van der Waals surface area (Å²) in [5.74, 6) is -0.0310. The predicted molar refractivity (Wildman–Crippen MR) is 72.1 cm³/mol. The van der Waals surface area contributed by atoms with E-state index in [1.54, 1.807) is 16.4 Å². The van der Waals surface area contributed by atoms with E-state index in [-0.39, 0.29) is 12.5 Å². The fourth-order valence-electron chi connectivity index (χ4n) is 1.40. The Kier molecular flexibility index (Phi) is 4.86. The highest BCUT2D eigenvalue weighted by molar-refractivity contribution is 7.99. The van der Waals surface area contributed by atoms with Crippen LogP contribution in [0, 0.1) is 13.8 Å². The molecule has 0 bridgehead atoms. The van der Waals surface area contributed by atoms with Crippen molar-refractivity contribution in [2.24, 2.45) is 0 Å². The highest BCUT2D eigenvalue weighted by Gasteiger charge is 2.11. The number of carbonyl (C=O) groups excluding carboxylic acids is 1. The van der Waals surface area contributed by atoms with Crippen LogP contribution in [0.2, 0.25) is 0 Å². The summed E-state index contributed by atoms with van der Waals surface area (Å²) < 4.78 is 1.64. The van der Waals surface area contributed by atoms with Crippen LogP contribution in [0.4, 0.5) is 5.69 Å². The third-order valence-electron chi connectivity index (χ3n) is 2.72. The lowest BCUT2D eigenvalue weighted by Crippen LogP contribution is -2.32. The van der Waals surface area contributed by atoms with E-state index in [2.05, 4.69) is 17.3 Å². The number of hydrogen-bond donors (Lipinski definition) is 2. The second-order valence-electron chi connectivity index (χ2n) is 4.09. The number of amides is 1. The molecule has 0 saturated carbocycles. The van der Waals surface area contributed by atoms with Crippen molar-refractivity contribution in [1.82, 2.24) is 15.1 Å². The first-order valence-corrected chi connectivity index (χ1v) is 6.83. The third kappa shape index (κ3) is 3.66. The maximum atomic E-state index is 11.7. The maximum Gasteiger partial charge on any atom is 0.241 e. The number of aromatic nitrogens is 2. The van der Waals surface area contributed by atoms with Gasteiger partial charge in [-0.15, -0.1) is 0 Å². The van der Waals surface area contributed by atoms with Gasteiger partial charge >= 0.3 is 0 Å². The molecule has 0 aromatic carbocycles. The molecule has 1 unspecified atom stereocenters. The number of rotatable bonds is 5. The molecule has 1 aromatic heterocycles. The van der Waals surface area contributed by atoms with Crippen LogP contribution in [0.15, 0.2) is 0 Å². The number of hydrogen-bond acceptors (Lipinski definition) is 4. The highest BCUT2D eigenvalue weighted by Crippen LogP contribution is 2.14. The van der Waals surface area contributed by atoms with Crippen LogP contribution in [0.1, 0.15) is 18.3 Å². The molecule has 1 heterocycles. The summed E-state index contributed by atoms with van der Waals surface area (Å²) in [6.45, 7) is 6.69. The van der Waals surface area contributed by atoms with Gasteiger partial charge in [-0.3, -0.25) is 9.48 Å². The number of nitrogens with one attached hydrogen (secondary N) is 1. The second kappa shape index (κ2) is 5.95. The summed E-state index contributed by atoms with van der Waals surface area (Å²) in [5, 5.41) is 7.52. The lowest BCUT2D eigenvalue weighted by molar-refractivity contribution is -0.121. The number of thioether (sulfide) groups is 1. The van der Waals surface area contributed by atoms with Crippen molar-refractivity contribution in [3.63, 3.8) is 0 Å². The zero-order valence-electron chi connectivity index (χ0n) is 10.8. The Labute approximate surface area is 106 Å². The lowest BCUT2D eigenvalue weighted by atomic mass is 10.3. The van der Waals surface area contributed by atoms with E-state index in [1.165, 1.54) is 0 Å². The van der Waals surface area contributed by atoms with E-state index >= 15 is 0 Å². The Morgan fingerprint density at radius 3 is 2.71 bits per heavy atom. The quantitative estimate of drug-likeness (QED) is 0.822. The van der Waals surface area contributed by atoms with Crippen molar-refractivity contribution < 1.29 is 4.79 Å². The number of nitrogens with two attached hydrogens (primary N) is 1. The maximum absolute atomic E-state index is 11.7. The van der Waals surface area contributed by atoms with E-state index in [1.807, 2.05) is 20.1 Å². The minimum Gasteiger partial charge on any atom is -0.396 e. The minimum absolute atomic E-state index is 0.0310. The summed E-state index contributed by atoms with van der Waals surface area (Å²) in [4.78, 5) is 11.7. The van der Waals surface area contributed by atoms with Crippen molar-refractivity contribution in [3.05, 3.63) is 11.4 Å². The third-order valence-corrected chi connectivity index (χ3v) is 3.69. The first-order chi connectivity index (χ1) is 7.95. The van der Waals surface area contributed by atoms with Gasteiger partial charge in [0.25, 0.3) is 0 Å². The van der Waals surface area contributed by atoms with Gasteiger partial charge in [-0.1, -0.05) is 6.92 Å². The molecule has 17 heavy (non-hydrogen) atoms. The van der Waals surface area contributed by atoms with Gasteiger partial charge in [0.15, 0.2) is 0 Å². The summed E-state index contributed by atoms with van der Waals surface area (Å²) in [6.07, 6.45) is 2.03. The standard InChI is InChI=1S/C11H20N4OS/c1-7(17-4)5-13-10(16)6-15-9(3)11(12)8(2)14-15/h7H,5-6,12H2,1-4H3,(H,13,16). The molecule has 0 aliphatic carbocycles. The highest BCUT2D eigenvalue weighted by atomic mass is 32.2. The van der Waals surface area contributed by atoms with E-state index in [0.29, 0.717) is 17.5 Å². The molecule has 1 aromatic rings. The fraction of sp³-hybridized carbons (Fsp3) is 0.636. The molecule has 1 amide bonds. The van der Waals surface area contributed by atoms with E-state index in [0.717, 1.165) is 11.4 Å². The van der Waals surface area contributed by atoms with Gasteiger partial charge in [0.05, 0.1) is 17.1 Å². The predicted octanol–water partition coefficient (Wildman–Crippen LogP) is 0.950. The van der Waals surface area contributed by atoms with Gasteiger partial charge < -0.3 is 11.1 Å². The molecular formula is C11H20N4OS. The minimum atomic E-state index is -0.0310. The van der Waals surface area contributed by atoms with Gasteiger partial charge in [0.1, 0.15) is 6.54 Å². The normalized spacial score (nSPS) is 12.5. The molecule has 0 aliphatic rings. The van der Waals surface area contributed by atoms with E-state index in [9.17, 15) is 4.79 Å². The summed E-state index contributed by atoms with van der Waals surface area (Å²) in [6, 6.07) is 0. The average molecular weight is 256 g/mol. The number of anilines is 1. The smallest absolute Gasteiger partial charge is 0.241 e. The average Bonchev–Trinajstić information content (AvgIpc) is 2.54. The largest absolute Gasteiger partial charge is 0.396 e. The topological polar surface area (TPSA) is 72.9 Å². The van der Waals surface area contributed by atoms with Crippen LogP contribution >= 0.6 is 11.8 Å². The molecule has 0 radical (unpaired) electrons. The second-order valence-corrected chi connectivity index (χ2v) is 5.37. The summed E-state index contributed by atoms with van der Waals surface area (Å²) in [5.41, 5.74) is 8.08. The Bertz CT molecular complexity index is 402. The molecule has 0 aliphatic heterocycles. The fourth-order valence-corrected chi connectivity index (χ4v) is 1.65. The first kappa shape index (κ1) is 13.9. The van der Waals surface area contributed by atoms with Crippen molar-refractivity contribution in [1.29, 1.82) is 0 Å². The molecule has 5 nitrogen and oxygen atoms in total. The van der Waals surface area contributed by atoms with Crippen LogP contribution < -0.4 is 11.1 Å². The van der Waals surface area contributed by atoms with Gasteiger partial charge in [-0.25, -0.2) is 0 Å². The zero-order chi connectivity index (χ0) is 13.0. The van der Waals surface area contributed by atoms with Crippen molar-refractivity contribution in [3.8, 4) is 0 Å². The van der Waals surface area contributed by atoms with E-state index in [4.69, 9.17) is 5.73 Å². The monoisotopic (exact) mass is 256 g/mol.